The van der Waals surface area contributed by atoms with Gasteiger partial charge in [0.15, 0.2) is 5.96 Å². The fourth-order valence-corrected chi connectivity index (χ4v) is 2.54. The average molecular weight is 336 g/mol. The van der Waals surface area contributed by atoms with Gasteiger partial charge in [0, 0.05) is 32.7 Å². The first kappa shape index (κ1) is 18.0. The zero-order valence-electron chi connectivity index (χ0n) is 14.3. The van der Waals surface area contributed by atoms with Crippen LogP contribution in [0, 0.1) is 5.82 Å². The Morgan fingerprint density at radius 2 is 1.96 bits per heavy atom. The molecular weight excluding hydrogens is 311 g/mol. The Hall–Kier alpha value is -2.31. The summed E-state index contributed by atoms with van der Waals surface area (Å²) in [5.74, 6) is 0.529. The minimum atomic E-state index is -0.265. The van der Waals surface area contributed by atoms with Crippen LogP contribution in [-0.2, 0) is 11.3 Å². The second-order valence-electron chi connectivity index (χ2n) is 5.47. The molecule has 1 heterocycles. The Bertz CT molecular complexity index is 571. The normalized spacial score (nSPS) is 15.4. The van der Waals surface area contributed by atoms with Gasteiger partial charge in [0.1, 0.15) is 5.82 Å². The number of carbonyl (C=O) groups excluding carboxylic acids is 1. The van der Waals surface area contributed by atoms with E-state index in [9.17, 15) is 9.18 Å². The van der Waals surface area contributed by atoms with Crippen LogP contribution in [0.4, 0.5) is 9.18 Å². The molecule has 1 saturated heterocycles. The van der Waals surface area contributed by atoms with Crippen molar-refractivity contribution in [2.45, 2.75) is 20.4 Å². The number of rotatable bonds is 4. The molecule has 24 heavy (non-hydrogen) atoms. The van der Waals surface area contributed by atoms with Crippen molar-refractivity contribution in [3.63, 3.8) is 0 Å². The lowest BCUT2D eigenvalue weighted by Crippen LogP contribution is -2.53. The van der Waals surface area contributed by atoms with E-state index >= 15 is 0 Å². The summed E-state index contributed by atoms with van der Waals surface area (Å²) < 4.78 is 18.3. The summed E-state index contributed by atoms with van der Waals surface area (Å²) in [5.41, 5.74) is 0.829. The molecule has 1 aliphatic rings. The van der Waals surface area contributed by atoms with E-state index in [0.717, 1.165) is 18.1 Å². The molecule has 0 saturated carbocycles. The molecule has 6 nitrogen and oxygen atoms in total. The second kappa shape index (κ2) is 9.10. The largest absolute Gasteiger partial charge is 0.450 e. The SMILES string of the molecule is CCNC(=NCc1cccc(F)c1)N1CCN(C(=O)OCC)CC1. The molecule has 132 valence electrons. The lowest BCUT2D eigenvalue weighted by Gasteiger charge is -2.35. The number of halogens is 1. The highest BCUT2D eigenvalue weighted by Crippen LogP contribution is 2.08. The number of benzene rings is 1. The summed E-state index contributed by atoms with van der Waals surface area (Å²) >= 11 is 0. The highest BCUT2D eigenvalue weighted by Gasteiger charge is 2.23. The number of carbonyl (C=O) groups is 1. The third-order valence-electron chi connectivity index (χ3n) is 3.74. The fourth-order valence-electron chi connectivity index (χ4n) is 2.54. The summed E-state index contributed by atoms with van der Waals surface area (Å²) in [6.45, 7) is 7.94. The smallest absolute Gasteiger partial charge is 0.409 e. The molecule has 0 bridgehead atoms. The van der Waals surface area contributed by atoms with E-state index in [1.807, 2.05) is 13.0 Å². The van der Waals surface area contributed by atoms with Crippen LogP contribution in [0.2, 0.25) is 0 Å². The van der Waals surface area contributed by atoms with Gasteiger partial charge in [0.25, 0.3) is 0 Å². The van der Waals surface area contributed by atoms with Gasteiger partial charge in [-0.3, -0.25) is 0 Å². The van der Waals surface area contributed by atoms with Crippen LogP contribution < -0.4 is 5.32 Å². The summed E-state index contributed by atoms with van der Waals surface area (Å²) in [4.78, 5) is 20.1. The lowest BCUT2D eigenvalue weighted by atomic mass is 10.2. The molecule has 1 aromatic carbocycles. The summed E-state index contributed by atoms with van der Waals surface area (Å²) in [7, 11) is 0. The van der Waals surface area contributed by atoms with Crippen LogP contribution in [0.15, 0.2) is 29.3 Å². The summed E-state index contributed by atoms with van der Waals surface area (Å²) in [5, 5.41) is 3.25. The Morgan fingerprint density at radius 1 is 1.25 bits per heavy atom. The van der Waals surface area contributed by atoms with Crippen LogP contribution in [0.1, 0.15) is 19.4 Å². The monoisotopic (exact) mass is 336 g/mol. The van der Waals surface area contributed by atoms with Crippen molar-refractivity contribution < 1.29 is 13.9 Å². The third-order valence-corrected chi connectivity index (χ3v) is 3.74. The Balaban J connectivity index is 1.95. The maximum absolute atomic E-state index is 13.3. The Morgan fingerprint density at radius 3 is 2.58 bits per heavy atom. The molecule has 1 aromatic rings. The molecule has 2 rings (SSSR count). The van der Waals surface area contributed by atoms with Crippen molar-refractivity contribution >= 4 is 12.1 Å². The molecule has 1 amide bonds. The van der Waals surface area contributed by atoms with Gasteiger partial charge in [0.05, 0.1) is 13.2 Å². The van der Waals surface area contributed by atoms with Gasteiger partial charge in [-0.2, -0.15) is 0 Å². The minimum Gasteiger partial charge on any atom is -0.450 e. The van der Waals surface area contributed by atoms with E-state index in [0.29, 0.717) is 39.3 Å². The number of aliphatic imine (C=N–C) groups is 1. The Kier molecular flexibility index (Phi) is 6.84. The third kappa shape index (κ3) is 5.11. The molecule has 0 atom stereocenters. The van der Waals surface area contributed by atoms with Gasteiger partial charge >= 0.3 is 6.09 Å². The van der Waals surface area contributed by atoms with Gasteiger partial charge in [-0.15, -0.1) is 0 Å². The minimum absolute atomic E-state index is 0.254. The molecule has 1 aliphatic heterocycles. The number of nitrogens with one attached hydrogen (secondary N) is 1. The first-order valence-corrected chi connectivity index (χ1v) is 8.33. The van der Waals surface area contributed by atoms with Crippen LogP contribution in [-0.4, -0.2) is 61.2 Å². The number of piperazine rings is 1. The molecule has 0 aliphatic carbocycles. The predicted molar refractivity (Wildman–Crippen MR) is 91.4 cm³/mol. The highest BCUT2D eigenvalue weighted by molar-refractivity contribution is 5.80. The molecule has 0 aromatic heterocycles. The number of ether oxygens (including phenoxy) is 1. The van der Waals surface area contributed by atoms with E-state index in [1.54, 1.807) is 17.9 Å². The second-order valence-corrected chi connectivity index (χ2v) is 5.47. The van der Waals surface area contributed by atoms with Crippen molar-refractivity contribution in [2.24, 2.45) is 4.99 Å². The van der Waals surface area contributed by atoms with Crippen LogP contribution in [0.5, 0.6) is 0 Å². The van der Waals surface area contributed by atoms with Crippen molar-refractivity contribution in [1.29, 1.82) is 0 Å². The van der Waals surface area contributed by atoms with Crippen molar-refractivity contribution in [2.75, 3.05) is 39.3 Å². The van der Waals surface area contributed by atoms with E-state index in [4.69, 9.17) is 4.74 Å². The topological polar surface area (TPSA) is 57.2 Å². The first-order valence-electron chi connectivity index (χ1n) is 8.33. The van der Waals surface area contributed by atoms with Gasteiger partial charge in [-0.25, -0.2) is 14.2 Å². The van der Waals surface area contributed by atoms with Crippen LogP contribution in [0.3, 0.4) is 0 Å². The molecule has 1 fully saturated rings. The zero-order valence-corrected chi connectivity index (χ0v) is 14.3. The van der Waals surface area contributed by atoms with E-state index < -0.39 is 0 Å². The molecule has 0 radical (unpaired) electrons. The van der Waals surface area contributed by atoms with Crippen molar-refractivity contribution in [3.05, 3.63) is 35.6 Å². The van der Waals surface area contributed by atoms with E-state index in [-0.39, 0.29) is 11.9 Å². The summed E-state index contributed by atoms with van der Waals surface area (Å²) in [6, 6.07) is 6.46. The quantitative estimate of drug-likeness (QED) is 0.675. The van der Waals surface area contributed by atoms with Crippen molar-refractivity contribution in [3.8, 4) is 0 Å². The number of amides is 1. The Labute approximate surface area is 142 Å². The van der Waals surface area contributed by atoms with Gasteiger partial charge in [-0.05, 0) is 31.5 Å². The van der Waals surface area contributed by atoms with E-state index in [1.165, 1.54) is 12.1 Å². The number of hydrogen-bond donors (Lipinski definition) is 1. The number of nitrogens with zero attached hydrogens (tertiary/aromatic N) is 3. The predicted octanol–water partition coefficient (Wildman–Crippen LogP) is 2.07. The first-order chi connectivity index (χ1) is 11.6. The molecule has 0 unspecified atom stereocenters. The fraction of sp³-hybridized carbons (Fsp3) is 0.529. The van der Waals surface area contributed by atoms with E-state index in [2.05, 4.69) is 15.2 Å². The maximum atomic E-state index is 13.3. The average Bonchev–Trinajstić information content (AvgIpc) is 2.59. The highest BCUT2D eigenvalue weighted by atomic mass is 19.1. The molecule has 0 spiro atoms. The van der Waals surface area contributed by atoms with Crippen LogP contribution in [0.25, 0.3) is 0 Å². The number of hydrogen-bond acceptors (Lipinski definition) is 3. The van der Waals surface area contributed by atoms with Crippen LogP contribution >= 0.6 is 0 Å². The van der Waals surface area contributed by atoms with Gasteiger partial charge in [0.2, 0.25) is 0 Å². The molecule has 1 N–H and O–H groups in total. The lowest BCUT2D eigenvalue weighted by molar-refractivity contribution is 0.0914. The maximum Gasteiger partial charge on any atom is 0.409 e. The number of guanidine groups is 1. The van der Waals surface area contributed by atoms with Gasteiger partial charge in [-0.1, -0.05) is 12.1 Å². The van der Waals surface area contributed by atoms with Gasteiger partial charge < -0.3 is 19.9 Å². The molecule has 7 heteroatoms. The van der Waals surface area contributed by atoms with Crippen molar-refractivity contribution in [1.82, 2.24) is 15.1 Å². The zero-order chi connectivity index (χ0) is 17.4. The summed E-state index contributed by atoms with van der Waals surface area (Å²) in [6.07, 6.45) is -0.265. The molecular formula is C17H25FN4O2. The standard InChI is InChI=1S/C17H25FN4O2/c1-3-19-16(20-13-14-6-5-7-15(18)12-14)21-8-10-22(11-9-21)17(23)24-4-2/h5-7,12H,3-4,8-11,13H2,1-2H3,(H,19,20).